The molecule has 1 aliphatic carbocycles. The molecule has 9 heteroatoms. The van der Waals surface area contributed by atoms with Crippen LogP contribution in [0.15, 0.2) is 24.3 Å². The fourth-order valence-corrected chi connectivity index (χ4v) is 4.98. The van der Waals surface area contributed by atoms with E-state index in [1.165, 1.54) is 12.8 Å². The topological polar surface area (TPSA) is 139 Å². The lowest BCUT2D eigenvalue weighted by Crippen LogP contribution is -2.48. The van der Waals surface area contributed by atoms with E-state index in [0.29, 0.717) is 18.4 Å². The maximum Gasteiger partial charge on any atom is 0.225 e. The van der Waals surface area contributed by atoms with Crippen molar-refractivity contribution in [3.8, 4) is 11.3 Å². The standard InChI is InChI=1S/C23H30N8O/c1-13-6-7-15(22(32)26-16-4-2-3-5-16)12-31(13)20-11-18(27-23(25)28-20)14-8-9-17-19(10-14)29-30-21(17)24/h8-11,13,15-16H,2-7,12H2,1H3,(H,26,32)(H3,24,29,30)(H2,25,27,28)/t13-,15+/m1/s1. The molecule has 2 atom stereocenters. The highest BCUT2D eigenvalue weighted by Gasteiger charge is 2.32. The molecule has 1 aromatic carbocycles. The first kappa shape index (κ1) is 20.5. The number of H-pyrrole nitrogens is 1. The Labute approximate surface area is 187 Å². The van der Waals surface area contributed by atoms with Gasteiger partial charge in [0.05, 0.1) is 17.1 Å². The molecule has 1 saturated carbocycles. The third-order valence-electron chi connectivity index (χ3n) is 6.87. The Bertz CT molecular complexity index is 1140. The number of anilines is 3. The van der Waals surface area contributed by atoms with Gasteiger partial charge in [-0.05, 0) is 44.7 Å². The normalized spacial score (nSPS) is 21.8. The zero-order valence-corrected chi connectivity index (χ0v) is 18.3. The van der Waals surface area contributed by atoms with Crippen LogP contribution in [-0.4, -0.2) is 44.7 Å². The number of fused-ring (bicyclic) bond motifs is 1. The van der Waals surface area contributed by atoms with Crippen LogP contribution in [-0.2, 0) is 4.79 Å². The molecule has 6 N–H and O–H groups in total. The molecule has 9 nitrogen and oxygen atoms in total. The Morgan fingerprint density at radius 3 is 2.75 bits per heavy atom. The maximum atomic E-state index is 12.9. The SMILES string of the molecule is C[C@@H]1CC[C@H](C(=O)NC2CCCC2)CN1c1cc(-c2ccc3c(N)n[nH]c3c2)nc(N)n1. The van der Waals surface area contributed by atoms with E-state index in [0.717, 1.165) is 53.7 Å². The molecule has 0 radical (unpaired) electrons. The van der Waals surface area contributed by atoms with Gasteiger partial charge in [0.1, 0.15) is 5.82 Å². The van der Waals surface area contributed by atoms with Crippen molar-refractivity contribution < 1.29 is 4.79 Å². The zero-order valence-electron chi connectivity index (χ0n) is 18.3. The molecule has 3 heterocycles. The molecular formula is C23H30N8O. The average molecular weight is 435 g/mol. The quantitative estimate of drug-likeness (QED) is 0.495. The van der Waals surface area contributed by atoms with Crippen molar-refractivity contribution >= 4 is 34.4 Å². The van der Waals surface area contributed by atoms with Gasteiger partial charge in [-0.1, -0.05) is 18.9 Å². The minimum absolute atomic E-state index is 0.0456. The van der Waals surface area contributed by atoms with Crippen LogP contribution in [0.5, 0.6) is 0 Å². The summed E-state index contributed by atoms with van der Waals surface area (Å²) in [5.41, 5.74) is 14.5. The Kier molecular flexibility index (Phi) is 5.32. The molecule has 2 fully saturated rings. The van der Waals surface area contributed by atoms with Gasteiger partial charge in [0.2, 0.25) is 11.9 Å². The summed E-state index contributed by atoms with van der Waals surface area (Å²) in [4.78, 5) is 24.1. The van der Waals surface area contributed by atoms with Crippen LogP contribution in [0.3, 0.4) is 0 Å². The second-order valence-electron chi connectivity index (χ2n) is 9.10. The average Bonchev–Trinajstić information content (AvgIpc) is 3.43. The molecule has 2 aromatic heterocycles. The Morgan fingerprint density at radius 1 is 1.12 bits per heavy atom. The molecular weight excluding hydrogens is 404 g/mol. The van der Waals surface area contributed by atoms with Crippen molar-refractivity contribution in [1.29, 1.82) is 0 Å². The Hall–Kier alpha value is -3.36. The van der Waals surface area contributed by atoms with Gasteiger partial charge in [-0.15, -0.1) is 0 Å². The summed E-state index contributed by atoms with van der Waals surface area (Å²) < 4.78 is 0. The summed E-state index contributed by atoms with van der Waals surface area (Å²) in [5.74, 6) is 1.56. The third kappa shape index (κ3) is 3.94. The van der Waals surface area contributed by atoms with E-state index >= 15 is 0 Å². The molecule has 1 aliphatic heterocycles. The van der Waals surface area contributed by atoms with Gasteiger partial charge in [0.15, 0.2) is 5.82 Å². The number of nitrogen functional groups attached to an aromatic ring is 2. The van der Waals surface area contributed by atoms with Crippen LogP contribution in [0.2, 0.25) is 0 Å². The van der Waals surface area contributed by atoms with Crippen LogP contribution in [0.25, 0.3) is 22.2 Å². The predicted molar refractivity (Wildman–Crippen MR) is 126 cm³/mol. The lowest BCUT2D eigenvalue weighted by atomic mass is 9.92. The molecule has 0 unspecified atom stereocenters. The number of carbonyl (C=O) groups excluding carboxylic acids is 1. The number of aromatic nitrogens is 4. The van der Waals surface area contributed by atoms with Gasteiger partial charge in [-0.25, -0.2) is 4.98 Å². The summed E-state index contributed by atoms with van der Waals surface area (Å²) in [6, 6.07) is 8.39. The van der Waals surface area contributed by atoms with E-state index in [4.69, 9.17) is 11.5 Å². The number of amides is 1. The van der Waals surface area contributed by atoms with E-state index in [-0.39, 0.29) is 23.8 Å². The van der Waals surface area contributed by atoms with Gasteiger partial charge in [-0.3, -0.25) is 9.89 Å². The van der Waals surface area contributed by atoms with Gasteiger partial charge in [-0.2, -0.15) is 10.1 Å². The number of nitrogens with two attached hydrogens (primary N) is 2. The number of carbonyl (C=O) groups is 1. The molecule has 2 aliphatic rings. The van der Waals surface area contributed by atoms with E-state index < -0.39 is 0 Å². The van der Waals surface area contributed by atoms with E-state index in [2.05, 4.69) is 37.3 Å². The monoisotopic (exact) mass is 434 g/mol. The minimum Gasteiger partial charge on any atom is -0.382 e. The van der Waals surface area contributed by atoms with Crippen LogP contribution in [0, 0.1) is 5.92 Å². The number of piperidine rings is 1. The fourth-order valence-electron chi connectivity index (χ4n) is 4.98. The number of benzene rings is 1. The van der Waals surface area contributed by atoms with E-state index in [1.54, 1.807) is 0 Å². The summed E-state index contributed by atoms with van der Waals surface area (Å²) in [6.45, 7) is 2.80. The van der Waals surface area contributed by atoms with Gasteiger partial charge >= 0.3 is 0 Å². The smallest absolute Gasteiger partial charge is 0.225 e. The molecule has 0 spiro atoms. The molecule has 168 valence electrons. The molecule has 1 amide bonds. The van der Waals surface area contributed by atoms with Crippen molar-refractivity contribution in [2.45, 2.75) is 57.5 Å². The summed E-state index contributed by atoms with van der Waals surface area (Å²) in [6.07, 6.45) is 6.42. The number of rotatable bonds is 4. The minimum atomic E-state index is -0.0456. The number of hydrogen-bond donors (Lipinski definition) is 4. The van der Waals surface area contributed by atoms with Crippen LogP contribution < -0.4 is 21.7 Å². The second-order valence-corrected chi connectivity index (χ2v) is 9.10. The van der Waals surface area contributed by atoms with Gasteiger partial charge < -0.3 is 21.7 Å². The van der Waals surface area contributed by atoms with Crippen molar-refractivity contribution in [1.82, 2.24) is 25.5 Å². The third-order valence-corrected chi connectivity index (χ3v) is 6.87. The second kappa shape index (κ2) is 8.29. The largest absolute Gasteiger partial charge is 0.382 e. The number of aromatic amines is 1. The molecule has 32 heavy (non-hydrogen) atoms. The number of nitrogens with zero attached hydrogens (tertiary/aromatic N) is 4. The zero-order chi connectivity index (χ0) is 22.2. The van der Waals surface area contributed by atoms with Crippen LogP contribution >= 0.6 is 0 Å². The van der Waals surface area contributed by atoms with Crippen LogP contribution in [0.1, 0.15) is 45.4 Å². The van der Waals surface area contributed by atoms with Gasteiger partial charge in [0.25, 0.3) is 0 Å². The number of nitrogens with one attached hydrogen (secondary N) is 2. The van der Waals surface area contributed by atoms with Crippen molar-refractivity contribution in [3.05, 3.63) is 24.3 Å². The molecule has 5 rings (SSSR count). The highest BCUT2D eigenvalue weighted by molar-refractivity contribution is 5.91. The highest BCUT2D eigenvalue weighted by Crippen LogP contribution is 2.31. The fraction of sp³-hybridized carbons (Fsp3) is 0.478. The van der Waals surface area contributed by atoms with E-state index in [1.807, 2.05) is 24.3 Å². The number of hydrogen-bond acceptors (Lipinski definition) is 7. The first-order valence-corrected chi connectivity index (χ1v) is 11.4. The van der Waals surface area contributed by atoms with Crippen molar-refractivity contribution in [2.75, 3.05) is 22.9 Å². The van der Waals surface area contributed by atoms with Crippen LogP contribution in [0.4, 0.5) is 17.6 Å². The lowest BCUT2D eigenvalue weighted by molar-refractivity contribution is -0.126. The highest BCUT2D eigenvalue weighted by atomic mass is 16.2. The first-order chi connectivity index (χ1) is 15.5. The van der Waals surface area contributed by atoms with Crippen molar-refractivity contribution in [2.24, 2.45) is 5.92 Å². The Balaban J connectivity index is 1.40. The lowest BCUT2D eigenvalue weighted by Gasteiger charge is -2.38. The molecule has 0 bridgehead atoms. The van der Waals surface area contributed by atoms with E-state index in [9.17, 15) is 4.79 Å². The summed E-state index contributed by atoms with van der Waals surface area (Å²) in [7, 11) is 0. The Morgan fingerprint density at radius 2 is 1.94 bits per heavy atom. The molecule has 3 aromatic rings. The summed E-state index contributed by atoms with van der Waals surface area (Å²) >= 11 is 0. The summed E-state index contributed by atoms with van der Waals surface area (Å²) in [5, 5.41) is 11.1. The maximum absolute atomic E-state index is 12.9. The van der Waals surface area contributed by atoms with Crippen molar-refractivity contribution in [3.63, 3.8) is 0 Å². The predicted octanol–water partition coefficient (Wildman–Crippen LogP) is 2.85. The van der Waals surface area contributed by atoms with Gasteiger partial charge in [0, 0.05) is 35.6 Å². The first-order valence-electron chi connectivity index (χ1n) is 11.4. The molecule has 1 saturated heterocycles.